The Kier molecular flexibility index (Phi) is 3.71. The van der Waals surface area contributed by atoms with Crippen molar-refractivity contribution in [2.45, 2.75) is 13.5 Å². The first-order chi connectivity index (χ1) is 10.7. The standard InChI is InChI=1S/C18H14FN3/c1-2-22-17-6-4-3-5-16(17)21-18(22)14(12-20)11-13-7-9-15(19)10-8-13/h3-11H,2H2,1H3. The van der Waals surface area contributed by atoms with Crippen LogP contribution in [-0.4, -0.2) is 9.55 Å². The molecule has 0 amide bonds. The Morgan fingerprint density at radius 3 is 2.64 bits per heavy atom. The van der Waals surface area contributed by atoms with E-state index in [4.69, 9.17) is 0 Å². The predicted molar refractivity (Wildman–Crippen MR) is 85.3 cm³/mol. The van der Waals surface area contributed by atoms with E-state index in [2.05, 4.69) is 11.1 Å². The van der Waals surface area contributed by atoms with Gasteiger partial charge < -0.3 is 4.57 Å². The number of para-hydroxylation sites is 2. The highest BCUT2D eigenvalue weighted by Crippen LogP contribution is 2.23. The number of rotatable bonds is 3. The number of imidazole rings is 1. The summed E-state index contributed by atoms with van der Waals surface area (Å²) in [5.41, 5.74) is 3.09. The second-order valence-corrected chi connectivity index (χ2v) is 4.89. The second-order valence-electron chi connectivity index (χ2n) is 4.89. The summed E-state index contributed by atoms with van der Waals surface area (Å²) in [5, 5.41) is 9.49. The SMILES string of the molecule is CCn1c(C(C#N)=Cc2ccc(F)cc2)nc2ccccc21. The van der Waals surface area contributed by atoms with Crippen LogP contribution in [0.1, 0.15) is 18.3 Å². The van der Waals surface area contributed by atoms with Crippen molar-refractivity contribution in [3.8, 4) is 6.07 Å². The van der Waals surface area contributed by atoms with E-state index in [9.17, 15) is 9.65 Å². The van der Waals surface area contributed by atoms with Gasteiger partial charge in [-0.3, -0.25) is 0 Å². The number of fused-ring (bicyclic) bond motifs is 1. The van der Waals surface area contributed by atoms with Gasteiger partial charge in [0.25, 0.3) is 0 Å². The Morgan fingerprint density at radius 2 is 1.95 bits per heavy atom. The van der Waals surface area contributed by atoms with Crippen molar-refractivity contribution in [3.05, 3.63) is 65.7 Å². The van der Waals surface area contributed by atoms with Crippen molar-refractivity contribution >= 4 is 22.7 Å². The molecule has 0 radical (unpaired) electrons. The zero-order valence-corrected chi connectivity index (χ0v) is 12.1. The Labute approximate surface area is 128 Å². The lowest BCUT2D eigenvalue weighted by atomic mass is 10.1. The molecule has 1 aromatic heterocycles. The van der Waals surface area contributed by atoms with Crippen molar-refractivity contribution in [3.63, 3.8) is 0 Å². The summed E-state index contributed by atoms with van der Waals surface area (Å²) < 4.78 is 15.0. The van der Waals surface area contributed by atoms with Gasteiger partial charge >= 0.3 is 0 Å². The highest BCUT2D eigenvalue weighted by atomic mass is 19.1. The maximum atomic E-state index is 13.0. The molecule has 0 spiro atoms. The van der Waals surface area contributed by atoms with Gasteiger partial charge in [0.1, 0.15) is 11.9 Å². The fourth-order valence-electron chi connectivity index (χ4n) is 2.47. The van der Waals surface area contributed by atoms with E-state index >= 15 is 0 Å². The average Bonchev–Trinajstić information content (AvgIpc) is 2.92. The molecule has 1 heterocycles. The minimum Gasteiger partial charge on any atom is -0.324 e. The lowest BCUT2D eigenvalue weighted by molar-refractivity contribution is 0.628. The molecule has 0 fully saturated rings. The van der Waals surface area contributed by atoms with Gasteiger partial charge in [-0.2, -0.15) is 5.26 Å². The summed E-state index contributed by atoms with van der Waals surface area (Å²) in [4.78, 5) is 4.57. The first-order valence-electron chi connectivity index (χ1n) is 7.06. The van der Waals surface area contributed by atoms with E-state index in [-0.39, 0.29) is 5.82 Å². The second kappa shape index (κ2) is 5.82. The molecule has 4 heteroatoms. The first kappa shape index (κ1) is 14.0. The molecule has 108 valence electrons. The number of aromatic nitrogens is 2. The smallest absolute Gasteiger partial charge is 0.151 e. The van der Waals surface area contributed by atoms with Gasteiger partial charge in [0, 0.05) is 6.54 Å². The molecule has 0 aliphatic carbocycles. The van der Waals surface area contributed by atoms with Crippen LogP contribution >= 0.6 is 0 Å². The van der Waals surface area contributed by atoms with Crippen LogP contribution in [0, 0.1) is 17.1 Å². The third kappa shape index (κ3) is 2.49. The van der Waals surface area contributed by atoms with Crippen molar-refractivity contribution in [2.24, 2.45) is 0 Å². The first-order valence-corrected chi connectivity index (χ1v) is 7.06. The van der Waals surface area contributed by atoms with E-state index in [0.717, 1.165) is 23.1 Å². The maximum absolute atomic E-state index is 13.0. The van der Waals surface area contributed by atoms with Gasteiger partial charge in [0.15, 0.2) is 5.82 Å². The molecule has 0 unspecified atom stereocenters. The summed E-state index contributed by atoms with van der Waals surface area (Å²) in [6, 6.07) is 16.0. The highest BCUT2D eigenvalue weighted by Gasteiger charge is 2.13. The lowest BCUT2D eigenvalue weighted by Crippen LogP contribution is -2.00. The summed E-state index contributed by atoms with van der Waals surface area (Å²) in [5.74, 6) is 0.340. The molecule has 3 nitrogen and oxygen atoms in total. The fraction of sp³-hybridized carbons (Fsp3) is 0.111. The molecule has 3 rings (SSSR count). The molecule has 0 saturated carbocycles. The van der Waals surface area contributed by atoms with Gasteiger partial charge in [-0.05, 0) is 42.8 Å². The van der Waals surface area contributed by atoms with Crippen LogP contribution in [0.5, 0.6) is 0 Å². The van der Waals surface area contributed by atoms with Crippen LogP contribution < -0.4 is 0 Å². The number of nitrogens with zero attached hydrogens (tertiary/aromatic N) is 3. The van der Waals surface area contributed by atoms with Gasteiger partial charge in [-0.15, -0.1) is 0 Å². The van der Waals surface area contributed by atoms with Gasteiger partial charge in [0.05, 0.1) is 16.6 Å². The predicted octanol–water partition coefficient (Wildman–Crippen LogP) is 4.26. The molecule has 3 aromatic rings. The summed E-state index contributed by atoms with van der Waals surface area (Å²) in [6.45, 7) is 2.74. The number of aryl methyl sites for hydroxylation is 1. The highest BCUT2D eigenvalue weighted by molar-refractivity contribution is 5.90. The van der Waals surface area contributed by atoms with Crippen LogP contribution in [0.3, 0.4) is 0 Å². The third-order valence-corrected chi connectivity index (χ3v) is 3.51. The maximum Gasteiger partial charge on any atom is 0.151 e. The van der Waals surface area contributed by atoms with E-state index in [1.807, 2.05) is 35.8 Å². The lowest BCUT2D eigenvalue weighted by Gasteiger charge is -2.05. The minimum absolute atomic E-state index is 0.295. The Hall–Kier alpha value is -2.93. The largest absolute Gasteiger partial charge is 0.324 e. The van der Waals surface area contributed by atoms with Gasteiger partial charge in [-0.1, -0.05) is 24.3 Å². The molecule has 0 aliphatic rings. The molecule has 0 N–H and O–H groups in total. The van der Waals surface area contributed by atoms with Gasteiger partial charge in [-0.25, -0.2) is 9.37 Å². The normalized spacial score (nSPS) is 11.6. The van der Waals surface area contributed by atoms with E-state index in [1.54, 1.807) is 18.2 Å². The summed E-state index contributed by atoms with van der Waals surface area (Å²) in [6.07, 6.45) is 1.73. The number of benzene rings is 2. The fourth-order valence-corrected chi connectivity index (χ4v) is 2.47. The van der Waals surface area contributed by atoms with Crippen LogP contribution in [0.15, 0.2) is 48.5 Å². The molecule has 0 atom stereocenters. The molecular formula is C18H14FN3. The summed E-state index contributed by atoms with van der Waals surface area (Å²) >= 11 is 0. The zero-order valence-electron chi connectivity index (χ0n) is 12.1. The zero-order chi connectivity index (χ0) is 15.5. The number of nitriles is 1. The van der Waals surface area contributed by atoms with Crippen molar-refractivity contribution in [1.29, 1.82) is 5.26 Å². The van der Waals surface area contributed by atoms with Crippen LogP contribution in [0.4, 0.5) is 4.39 Å². The van der Waals surface area contributed by atoms with Crippen LogP contribution in [-0.2, 0) is 6.54 Å². The quantitative estimate of drug-likeness (QED) is 0.677. The number of hydrogen-bond acceptors (Lipinski definition) is 2. The van der Waals surface area contributed by atoms with Crippen molar-refractivity contribution in [1.82, 2.24) is 9.55 Å². The number of allylic oxidation sites excluding steroid dienone is 1. The Bertz CT molecular complexity index is 883. The van der Waals surface area contributed by atoms with Crippen molar-refractivity contribution < 1.29 is 4.39 Å². The van der Waals surface area contributed by atoms with Crippen LogP contribution in [0.25, 0.3) is 22.7 Å². The Balaban J connectivity index is 2.15. The number of hydrogen-bond donors (Lipinski definition) is 0. The van der Waals surface area contributed by atoms with Crippen LogP contribution in [0.2, 0.25) is 0 Å². The molecule has 0 saturated heterocycles. The average molecular weight is 291 g/mol. The molecule has 2 aromatic carbocycles. The topological polar surface area (TPSA) is 41.6 Å². The Morgan fingerprint density at radius 1 is 1.23 bits per heavy atom. The van der Waals surface area contributed by atoms with Gasteiger partial charge in [0.2, 0.25) is 0 Å². The molecular weight excluding hydrogens is 277 g/mol. The van der Waals surface area contributed by atoms with E-state index < -0.39 is 0 Å². The van der Waals surface area contributed by atoms with E-state index in [0.29, 0.717) is 11.4 Å². The number of halogens is 1. The molecule has 0 aliphatic heterocycles. The third-order valence-electron chi connectivity index (χ3n) is 3.51. The minimum atomic E-state index is -0.295. The molecule has 0 bridgehead atoms. The summed E-state index contributed by atoms with van der Waals surface area (Å²) in [7, 11) is 0. The monoisotopic (exact) mass is 291 g/mol. The van der Waals surface area contributed by atoms with E-state index in [1.165, 1.54) is 12.1 Å². The molecule has 22 heavy (non-hydrogen) atoms. The van der Waals surface area contributed by atoms with Crippen molar-refractivity contribution in [2.75, 3.05) is 0 Å².